The summed E-state index contributed by atoms with van der Waals surface area (Å²) in [5.74, 6) is 1.13. The fourth-order valence-electron chi connectivity index (χ4n) is 1.26. The Morgan fingerprint density at radius 1 is 1.33 bits per heavy atom. The van der Waals surface area contributed by atoms with Gasteiger partial charge in [0.25, 0.3) is 0 Å². The maximum atomic E-state index is 4.52. The van der Waals surface area contributed by atoms with Gasteiger partial charge >= 0.3 is 0 Å². The molecule has 0 saturated carbocycles. The Labute approximate surface area is 94.4 Å². The summed E-state index contributed by atoms with van der Waals surface area (Å²) >= 11 is 0. The summed E-state index contributed by atoms with van der Waals surface area (Å²) in [7, 11) is 2.09. The van der Waals surface area contributed by atoms with Crippen LogP contribution in [-0.2, 0) is 0 Å². The molecular formula is C13H24N2. The molecule has 0 aromatic rings. The summed E-state index contributed by atoms with van der Waals surface area (Å²) in [5, 5.41) is 0. The normalized spacial score (nSPS) is 12.1. The predicted octanol–water partition coefficient (Wildman–Crippen LogP) is 3.62. The van der Waals surface area contributed by atoms with Crippen molar-refractivity contribution < 1.29 is 0 Å². The summed E-state index contributed by atoms with van der Waals surface area (Å²) < 4.78 is 0. The van der Waals surface area contributed by atoms with Gasteiger partial charge in [-0.3, -0.25) is 0 Å². The van der Waals surface area contributed by atoms with E-state index in [0.29, 0.717) is 0 Å². The fraction of sp³-hybridized carbons (Fsp3) is 0.615. The van der Waals surface area contributed by atoms with E-state index in [-0.39, 0.29) is 0 Å². The molecule has 0 N–H and O–H groups in total. The van der Waals surface area contributed by atoms with Crippen LogP contribution in [0.1, 0.15) is 40.0 Å². The molecule has 0 bridgehead atoms. The minimum Gasteiger partial charge on any atom is -0.363 e. The first-order valence-electron chi connectivity index (χ1n) is 5.73. The lowest BCUT2D eigenvalue weighted by Gasteiger charge is -2.20. The lowest BCUT2D eigenvalue weighted by Crippen LogP contribution is -2.27. The molecule has 0 aromatic carbocycles. The number of hydrogen-bond acceptors (Lipinski definition) is 1. The zero-order chi connectivity index (χ0) is 11.7. The van der Waals surface area contributed by atoms with Crippen LogP contribution >= 0.6 is 0 Å². The highest BCUT2D eigenvalue weighted by Crippen LogP contribution is 2.04. The van der Waals surface area contributed by atoms with E-state index in [1.165, 1.54) is 0 Å². The number of amidine groups is 1. The molecule has 0 fully saturated rings. The second-order valence-electron chi connectivity index (χ2n) is 3.58. The Balaban J connectivity index is 4.26. The zero-order valence-corrected chi connectivity index (χ0v) is 10.6. The molecule has 0 aliphatic heterocycles. The average Bonchev–Trinajstić information content (AvgIpc) is 2.25. The van der Waals surface area contributed by atoms with Crippen LogP contribution in [-0.4, -0.2) is 24.3 Å². The Bertz CT molecular complexity index is 239. The zero-order valence-electron chi connectivity index (χ0n) is 10.6. The fourth-order valence-corrected chi connectivity index (χ4v) is 1.26. The molecule has 0 radical (unpaired) electrons. The van der Waals surface area contributed by atoms with Crippen LogP contribution in [0, 0.1) is 0 Å². The minimum absolute atomic E-state index is 0.923. The predicted molar refractivity (Wildman–Crippen MR) is 69.2 cm³/mol. The van der Waals surface area contributed by atoms with Crippen molar-refractivity contribution in [2.45, 2.75) is 40.0 Å². The van der Waals surface area contributed by atoms with Crippen LogP contribution in [0.4, 0.5) is 0 Å². The van der Waals surface area contributed by atoms with Crippen LogP contribution in [0.15, 0.2) is 29.4 Å². The van der Waals surface area contributed by atoms with Gasteiger partial charge < -0.3 is 4.90 Å². The first-order chi connectivity index (χ1) is 7.15. The van der Waals surface area contributed by atoms with Crippen molar-refractivity contribution in [3.05, 3.63) is 24.4 Å². The number of nitrogens with zero attached hydrogens (tertiary/aromatic N) is 2. The first kappa shape index (κ1) is 13.9. The molecule has 0 atom stereocenters. The quantitative estimate of drug-likeness (QED) is 0.370. The van der Waals surface area contributed by atoms with E-state index in [1.807, 2.05) is 6.92 Å². The molecule has 2 heteroatoms. The summed E-state index contributed by atoms with van der Waals surface area (Å²) in [6.07, 6.45) is 7.22. The van der Waals surface area contributed by atoms with Crippen molar-refractivity contribution in [2.24, 2.45) is 4.99 Å². The largest absolute Gasteiger partial charge is 0.363 e. The lowest BCUT2D eigenvalue weighted by molar-refractivity contribution is 0.502. The van der Waals surface area contributed by atoms with E-state index in [9.17, 15) is 0 Å². The third kappa shape index (κ3) is 6.10. The molecular weight excluding hydrogens is 184 g/mol. The minimum atomic E-state index is 0.923. The second-order valence-corrected chi connectivity index (χ2v) is 3.58. The summed E-state index contributed by atoms with van der Waals surface area (Å²) in [5.41, 5.74) is 0.963. The highest BCUT2D eigenvalue weighted by atomic mass is 15.2. The lowest BCUT2D eigenvalue weighted by atomic mass is 10.3. The Morgan fingerprint density at radius 2 is 2.00 bits per heavy atom. The van der Waals surface area contributed by atoms with Gasteiger partial charge in [-0.15, -0.1) is 0 Å². The van der Waals surface area contributed by atoms with Gasteiger partial charge in [0.15, 0.2) is 0 Å². The van der Waals surface area contributed by atoms with Crippen LogP contribution in [0.5, 0.6) is 0 Å². The topological polar surface area (TPSA) is 15.6 Å². The van der Waals surface area contributed by atoms with Crippen molar-refractivity contribution in [3.8, 4) is 0 Å². The molecule has 0 unspecified atom stereocenters. The monoisotopic (exact) mass is 208 g/mol. The van der Waals surface area contributed by atoms with Crippen molar-refractivity contribution in [3.63, 3.8) is 0 Å². The number of rotatable bonds is 6. The Morgan fingerprint density at radius 3 is 2.47 bits per heavy atom. The molecule has 15 heavy (non-hydrogen) atoms. The van der Waals surface area contributed by atoms with Gasteiger partial charge in [0.1, 0.15) is 5.84 Å². The van der Waals surface area contributed by atoms with Crippen molar-refractivity contribution in [1.82, 2.24) is 4.90 Å². The first-order valence-corrected chi connectivity index (χ1v) is 5.73. The number of hydrogen-bond donors (Lipinski definition) is 0. The van der Waals surface area contributed by atoms with Crippen LogP contribution in [0.2, 0.25) is 0 Å². The van der Waals surface area contributed by atoms with Crippen molar-refractivity contribution >= 4 is 5.84 Å². The highest BCUT2D eigenvalue weighted by molar-refractivity contribution is 5.82. The van der Waals surface area contributed by atoms with Crippen molar-refractivity contribution in [2.75, 3.05) is 13.6 Å². The van der Waals surface area contributed by atoms with E-state index in [0.717, 1.165) is 37.3 Å². The number of aliphatic imine (C=N–C) groups is 1. The molecule has 0 saturated heterocycles. The third-order valence-electron chi connectivity index (χ3n) is 2.32. The van der Waals surface area contributed by atoms with E-state index >= 15 is 0 Å². The van der Waals surface area contributed by atoms with Crippen LogP contribution in [0.25, 0.3) is 0 Å². The Kier molecular flexibility index (Phi) is 7.69. The maximum absolute atomic E-state index is 4.52. The van der Waals surface area contributed by atoms with Gasteiger partial charge in [-0.05, 0) is 19.8 Å². The molecule has 0 spiro atoms. The van der Waals surface area contributed by atoms with Gasteiger partial charge in [0.05, 0.1) is 0 Å². The van der Waals surface area contributed by atoms with E-state index in [4.69, 9.17) is 0 Å². The maximum Gasteiger partial charge on any atom is 0.104 e. The van der Waals surface area contributed by atoms with Crippen molar-refractivity contribution in [1.29, 1.82) is 0 Å². The van der Waals surface area contributed by atoms with Gasteiger partial charge in [-0.25, -0.2) is 4.99 Å². The van der Waals surface area contributed by atoms with Crippen LogP contribution in [0.3, 0.4) is 0 Å². The van der Waals surface area contributed by atoms with E-state index < -0.39 is 0 Å². The summed E-state index contributed by atoms with van der Waals surface area (Å²) in [6, 6.07) is 0. The number of allylic oxidation sites excluding steroid dienone is 2. The summed E-state index contributed by atoms with van der Waals surface area (Å²) in [6.45, 7) is 11.2. The standard InChI is InChI=1S/C13H24N2/c1-6-9-10-11-15(5)13(8-3)14-12(4)7-2/h6,9H,4,7-8,10-11H2,1-3,5H3/b9-6-,14-13-. The third-order valence-corrected chi connectivity index (χ3v) is 2.32. The SMILES string of the molecule is C=C(CC)/N=C(/CC)N(C)CC/C=C\C. The molecule has 0 amide bonds. The van der Waals surface area contributed by atoms with E-state index in [2.05, 4.69) is 49.5 Å². The van der Waals surface area contributed by atoms with Crippen LogP contribution < -0.4 is 0 Å². The van der Waals surface area contributed by atoms with Gasteiger partial charge in [0.2, 0.25) is 0 Å². The molecule has 0 aliphatic carbocycles. The molecule has 0 rings (SSSR count). The smallest absolute Gasteiger partial charge is 0.104 e. The highest BCUT2D eigenvalue weighted by Gasteiger charge is 2.02. The molecule has 2 nitrogen and oxygen atoms in total. The average molecular weight is 208 g/mol. The molecule has 0 aromatic heterocycles. The van der Waals surface area contributed by atoms with Gasteiger partial charge in [-0.2, -0.15) is 0 Å². The molecule has 86 valence electrons. The molecule has 0 heterocycles. The van der Waals surface area contributed by atoms with Gasteiger partial charge in [-0.1, -0.05) is 32.6 Å². The molecule has 0 aliphatic rings. The summed E-state index contributed by atoms with van der Waals surface area (Å²) in [4.78, 5) is 6.73. The Hall–Kier alpha value is -1.05. The van der Waals surface area contributed by atoms with E-state index in [1.54, 1.807) is 0 Å². The second kappa shape index (κ2) is 8.27. The van der Waals surface area contributed by atoms with Gasteiger partial charge in [0, 0.05) is 25.7 Å².